The summed E-state index contributed by atoms with van der Waals surface area (Å²) in [6.45, 7) is 1.76. The topological polar surface area (TPSA) is 93.2 Å². The van der Waals surface area contributed by atoms with Crippen LogP contribution in [0.3, 0.4) is 0 Å². The van der Waals surface area contributed by atoms with Crippen molar-refractivity contribution in [3.8, 4) is 0 Å². The molecule has 1 aliphatic rings. The van der Waals surface area contributed by atoms with E-state index >= 15 is 0 Å². The summed E-state index contributed by atoms with van der Waals surface area (Å²) in [7, 11) is 3.95. The van der Waals surface area contributed by atoms with Crippen LogP contribution in [0.25, 0.3) is 16.7 Å². The minimum Gasteiger partial charge on any atom is -0.352 e. The molecule has 0 bridgehead atoms. The van der Waals surface area contributed by atoms with E-state index in [1.54, 1.807) is 21.9 Å². The lowest BCUT2D eigenvalue weighted by Crippen LogP contribution is -2.59. The number of anilines is 2. The van der Waals surface area contributed by atoms with Crippen LogP contribution in [-0.2, 0) is 7.05 Å². The number of likely N-dealkylation sites (N-methyl/N-ethyl adjacent to an activating group) is 1. The third-order valence-corrected chi connectivity index (χ3v) is 4.63. The van der Waals surface area contributed by atoms with Crippen LogP contribution in [-0.4, -0.2) is 65.7 Å². The van der Waals surface area contributed by atoms with Crippen molar-refractivity contribution in [2.45, 2.75) is 6.04 Å². The predicted molar refractivity (Wildman–Crippen MR) is 91.5 cm³/mol. The van der Waals surface area contributed by atoms with Gasteiger partial charge in [0.1, 0.15) is 24.3 Å². The third-order valence-electron chi connectivity index (χ3n) is 4.63. The maximum atomic E-state index is 4.54. The Balaban J connectivity index is 1.37. The molecule has 5 heterocycles. The first kappa shape index (κ1) is 14.1. The van der Waals surface area contributed by atoms with Gasteiger partial charge < -0.3 is 9.80 Å². The monoisotopic (exact) mass is 336 g/mol. The normalized spacial score (nSPS) is 15.0. The minimum atomic E-state index is 0.358. The van der Waals surface area contributed by atoms with Crippen LogP contribution in [0, 0.1) is 0 Å². The van der Waals surface area contributed by atoms with E-state index in [0.29, 0.717) is 6.04 Å². The summed E-state index contributed by atoms with van der Waals surface area (Å²) < 4.78 is 3.46. The number of fused-ring (bicyclic) bond motifs is 2. The fourth-order valence-corrected chi connectivity index (χ4v) is 3.17. The summed E-state index contributed by atoms with van der Waals surface area (Å²) in [6, 6.07) is 4.26. The van der Waals surface area contributed by atoms with Crippen LogP contribution in [0.15, 0.2) is 31.0 Å². The van der Waals surface area contributed by atoms with Crippen molar-refractivity contribution in [1.29, 1.82) is 0 Å². The molecule has 4 aromatic heterocycles. The molecule has 0 aromatic carbocycles. The second kappa shape index (κ2) is 5.10. The SMILES string of the molecule is CN(c1ncnc2nn(C)cc12)C1CN(c2ccc3nncn3n2)C1. The Kier molecular flexibility index (Phi) is 2.87. The van der Waals surface area contributed by atoms with Crippen molar-refractivity contribution < 1.29 is 0 Å². The van der Waals surface area contributed by atoms with Crippen molar-refractivity contribution in [3.63, 3.8) is 0 Å². The Bertz CT molecular complexity index is 1060. The maximum absolute atomic E-state index is 4.54. The number of rotatable bonds is 3. The number of hydrogen-bond donors (Lipinski definition) is 0. The molecule has 0 atom stereocenters. The Morgan fingerprint density at radius 1 is 1.16 bits per heavy atom. The summed E-state index contributed by atoms with van der Waals surface area (Å²) in [6.07, 6.45) is 5.14. The lowest BCUT2D eigenvalue weighted by Gasteiger charge is -2.44. The highest BCUT2D eigenvalue weighted by atomic mass is 15.4. The van der Waals surface area contributed by atoms with E-state index in [0.717, 1.165) is 41.4 Å². The number of aromatic nitrogens is 8. The zero-order valence-corrected chi connectivity index (χ0v) is 13.9. The van der Waals surface area contributed by atoms with Crippen molar-refractivity contribution in [3.05, 3.63) is 31.0 Å². The quantitative estimate of drug-likeness (QED) is 0.521. The molecule has 126 valence electrons. The maximum Gasteiger partial charge on any atom is 0.186 e. The van der Waals surface area contributed by atoms with Gasteiger partial charge in [-0.15, -0.1) is 15.3 Å². The van der Waals surface area contributed by atoms with Crippen molar-refractivity contribution in [2.75, 3.05) is 29.9 Å². The molecule has 0 radical (unpaired) electrons. The summed E-state index contributed by atoms with van der Waals surface area (Å²) in [4.78, 5) is 13.1. The summed E-state index contributed by atoms with van der Waals surface area (Å²) in [5.74, 6) is 1.83. The van der Waals surface area contributed by atoms with E-state index < -0.39 is 0 Å². The van der Waals surface area contributed by atoms with Crippen LogP contribution in [0.1, 0.15) is 0 Å². The van der Waals surface area contributed by atoms with Crippen LogP contribution < -0.4 is 9.80 Å². The standard InChI is InChI=1S/C15H16N10/c1-22-7-11-14(21-22)16-8-17-15(11)23(2)10-5-24(6-10)13-4-3-12-19-18-9-25(12)20-13/h3-4,7-10H,5-6H2,1-2H3. The summed E-state index contributed by atoms with van der Waals surface area (Å²) in [5.41, 5.74) is 1.47. The molecule has 10 heteroatoms. The molecule has 0 amide bonds. The average molecular weight is 336 g/mol. The highest BCUT2D eigenvalue weighted by Gasteiger charge is 2.32. The van der Waals surface area contributed by atoms with Gasteiger partial charge in [0.15, 0.2) is 11.3 Å². The predicted octanol–water partition coefficient (Wildman–Crippen LogP) is 0.126. The molecule has 0 spiro atoms. The highest BCUT2D eigenvalue weighted by Crippen LogP contribution is 2.27. The molecule has 0 saturated carbocycles. The molecule has 0 N–H and O–H groups in total. The van der Waals surface area contributed by atoms with Crippen molar-refractivity contribution in [2.24, 2.45) is 7.05 Å². The number of hydrogen-bond acceptors (Lipinski definition) is 8. The minimum absolute atomic E-state index is 0.358. The van der Waals surface area contributed by atoms with Crippen LogP contribution in [0.5, 0.6) is 0 Å². The first-order chi connectivity index (χ1) is 12.2. The van der Waals surface area contributed by atoms with E-state index in [1.165, 1.54) is 0 Å². The lowest BCUT2D eigenvalue weighted by molar-refractivity contribution is 0.488. The van der Waals surface area contributed by atoms with Gasteiger partial charge in [-0.05, 0) is 12.1 Å². The van der Waals surface area contributed by atoms with Gasteiger partial charge in [0, 0.05) is 33.4 Å². The van der Waals surface area contributed by atoms with E-state index in [2.05, 4.69) is 47.2 Å². The molecule has 1 fully saturated rings. The van der Waals surface area contributed by atoms with Gasteiger partial charge >= 0.3 is 0 Å². The van der Waals surface area contributed by atoms with Gasteiger partial charge in [-0.1, -0.05) is 0 Å². The lowest BCUT2D eigenvalue weighted by atomic mass is 10.1. The molecule has 4 aromatic rings. The second-order valence-electron chi connectivity index (χ2n) is 6.23. The van der Waals surface area contributed by atoms with Gasteiger partial charge in [-0.3, -0.25) is 4.68 Å². The molecule has 25 heavy (non-hydrogen) atoms. The smallest absolute Gasteiger partial charge is 0.186 e. The van der Waals surface area contributed by atoms with Crippen LogP contribution in [0.4, 0.5) is 11.6 Å². The number of aryl methyl sites for hydroxylation is 1. The molecule has 5 rings (SSSR count). The highest BCUT2D eigenvalue weighted by molar-refractivity contribution is 5.86. The first-order valence-corrected chi connectivity index (χ1v) is 7.98. The van der Waals surface area contributed by atoms with Gasteiger partial charge in [0.2, 0.25) is 0 Å². The fourth-order valence-electron chi connectivity index (χ4n) is 3.17. The molecule has 10 nitrogen and oxygen atoms in total. The van der Waals surface area contributed by atoms with E-state index in [-0.39, 0.29) is 0 Å². The largest absolute Gasteiger partial charge is 0.352 e. The zero-order chi connectivity index (χ0) is 17.0. The Hall–Kier alpha value is -3.30. The zero-order valence-electron chi connectivity index (χ0n) is 13.9. The Labute approximate surface area is 142 Å². The third kappa shape index (κ3) is 2.17. The molecule has 1 aliphatic heterocycles. The molecular formula is C15H16N10. The van der Waals surface area contributed by atoms with Gasteiger partial charge in [0.25, 0.3) is 0 Å². The van der Waals surface area contributed by atoms with Crippen LogP contribution >= 0.6 is 0 Å². The van der Waals surface area contributed by atoms with Crippen molar-refractivity contribution >= 4 is 28.3 Å². The molecule has 0 unspecified atom stereocenters. The van der Waals surface area contributed by atoms with Gasteiger partial charge in [-0.25, -0.2) is 9.97 Å². The van der Waals surface area contributed by atoms with Crippen LogP contribution in [0.2, 0.25) is 0 Å². The molecular weight excluding hydrogens is 320 g/mol. The van der Waals surface area contributed by atoms with E-state index in [9.17, 15) is 0 Å². The average Bonchev–Trinajstić information content (AvgIpc) is 3.17. The van der Waals surface area contributed by atoms with Crippen molar-refractivity contribution in [1.82, 2.24) is 39.6 Å². The fraction of sp³-hybridized carbons (Fsp3) is 0.333. The Morgan fingerprint density at radius 3 is 2.92 bits per heavy atom. The molecule has 1 saturated heterocycles. The summed E-state index contributed by atoms with van der Waals surface area (Å²) in [5, 5.41) is 17.7. The first-order valence-electron chi connectivity index (χ1n) is 7.98. The summed E-state index contributed by atoms with van der Waals surface area (Å²) >= 11 is 0. The van der Waals surface area contributed by atoms with Gasteiger partial charge in [0.05, 0.1) is 11.4 Å². The number of nitrogens with zero attached hydrogens (tertiary/aromatic N) is 10. The van der Waals surface area contributed by atoms with E-state index in [1.807, 2.05) is 25.4 Å². The van der Waals surface area contributed by atoms with E-state index in [4.69, 9.17) is 0 Å². The molecule has 0 aliphatic carbocycles. The Morgan fingerprint density at radius 2 is 2.04 bits per heavy atom. The second-order valence-corrected chi connectivity index (χ2v) is 6.23. The van der Waals surface area contributed by atoms with Gasteiger partial charge in [-0.2, -0.15) is 9.61 Å².